The van der Waals surface area contributed by atoms with Gasteiger partial charge in [0.15, 0.2) is 0 Å². The molecule has 31 heavy (non-hydrogen) atoms. The number of benzene rings is 2. The molecule has 0 bridgehead atoms. The van der Waals surface area contributed by atoms with Crippen LogP contribution < -0.4 is 10.3 Å². The Kier molecular flexibility index (Phi) is 4.81. The summed E-state index contributed by atoms with van der Waals surface area (Å²) in [6, 6.07) is 13.0. The van der Waals surface area contributed by atoms with E-state index in [4.69, 9.17) is 0 Å². The van der Waals surface area contributed by atoms with Crippen LogP contribution in [0.2, 0.25) is 0 Å². The number of rotatable bonds is 5. The van der Waals surface area contributed by atoms with Gasteiger partial charge in [-0.1, -0.05) is 30.3 Å². The molecule has 1 aliphatic heterocycles. The molecule has 0 amide bonds. The quantitative estimate of drug-likeness (QED) is 0.637. The van der Waals surface area contributed by atoms with Crippen LogP contribution in [0.1, 0.15) is 41.2 Å². The molecule has 1 saturated carbocycles. The van der Waals surface area contributed by atoms with Gasteiger partial charge in [0.25, 0.3) is 0 Å². The van der Waals surface area contributed by atoms with Crippen molar-refractivity contribution >= 4 is 28.8 Å². The van der Waals surface area contributed by atoms with Gasteiger partial charge >= 0.3 is 5.97 Å². The first kappa shape index (κ1) is 19.5. The van der Waals surface area contributed by atoms with E-state index in [1.165, 1.54) is 12.3 Å². The topological polar surface area (TPSA) is 74.9 Å². The van der Waals surface area contributed by atoms with E-state index in [-0.39, 0.29) is 23.0 Å². The summed E-state index contributed by atoms with van der Waals surface area (Å²) in [6.07, 6.45) is 5.91. The molecule has 1 unspecified atom stereocenters. The van der Waals surface area contributed by atoms with Gasteiger partial charge in [0, 0.05) is 36.9 Å². The maximum Gasteiger partial charge on any atom is 0.341 e. The van der Waals surface area contributed by atoms with Crippen molar-refractivity contribution in [3.63, 3.8) is 0 Å². The molecule has 158 valence electrons. The molecule has 0 radical (unpaired) electrons. The van der Waals surface area contributed by atoms with Crippen molar-refractivity contribution in [1.82, 2.24) is 4.57 Å². The Morgan fingerprint density at radius 1 is 1.16 bits per heavy atom. The minimum absolute atomic E-state index is 0.0651. The average Bonchev–Trinajstić information content (AvgIpc) is 3.50. The largest absolute Gasteiger partial charge is 0.477 e. The summed E-state index contributed by atoms with van der Waals surface area (Å²) in [5, 5.41) is 9.50. The van der Waals surface area contributed by atoms with Crippen LogP contribution >= 0.6 is 0 Å². The molecule has 6 nitrogen and oxygen atoms in total. The third-order valence-electron chi connectivity index (χ3n) is 6.01. The number of aromatic nitrogens is 1. The van der Waals surface area contributed by atoms with Crippen LogP contribution in [0.5, 0.6) is 0 Å². The summed E-state index contributed by atoms with van der Waals surface area (Å²) in [5.74, 6) is -1.80. The molecule has 1 N–H and O–H groups in total. The lowest BCUT2D eigenvalue weighted by Crippen LogP contribution is -2.23. The minimum Gasteiger partial charge on any atom is -0.477 e. The van der Waals surface area contributed by atoms with E-state index in [2.05, 4.69) is 4.99 Å². The van der Waals surface area contributed by atoms with E-state index < -0.39 is 17.2 Å². The first-order chi connectivity index (χ1) is 15.0. The molecule has 5 rings (SSSR count). The number of carbonyl (C=O) groups is 1. The molecule has 2 heterocycles. The number of halogens is 1. The van der Waals surface area contributed by atoms with Crippen molar-refractivity contribution in [2.75, 3.05) is 18.0 Å². The Labute approximate surface area is 178 Å². The van der Waals surface area contributed by atoms with Crippen LogP contribution in [0, 0.1) is 5.82 Å². The predicted octanol–water partition coefficient (Wildman–Crippen LogP) is 3.87. The van der Waals surface area contributed by atoms with E-state index in [1.54, 1.807) is 6.07 Å². The van der Waals surface area contributed by atoms with Crippen LogP contribution in [0.3, 0.4) is 0 Å². The highest BCUT2D eigenvalue weighted by molar-refractivity contribution is 5.93. The molecule has 2 aliphatic rings. The number of aliphatic imine (C=N–C) groups is 1. The Hall–Kier alpha value is -3.48. The maximum atomic E-state index is 15.0. The van der Waals surface area contributed by atoms with Crippen molar-refractivity contribution in [2.45, 2.75) is 31.3 Å². The van der Waals surface area contributed by atoms with Crippen molar-refractivity contribution in [3.05, 3.63) is 75.8 Å². The van der Waals surface area contributed by atoms with E-state index in [9.17, 15) is 14.7 Å². The number of anilines is 1. The molecule has 1 aliphatic carbocycles. The van der Waals surface area contributed by atoms with Gasteiger partial charge in [-0.15, -0.1) is 0 Å². The number of carboxylic acid groups (broad SMARTS) is 1. The predicted molar refractivity (Wildman–Crippen MR) is 118 cm³/mol. The van der Waals surface area contributed by atoms with Crippen LogP contribution in [0.15, 0.2) is 58.4 Å². The monoisotopic (exact) mass is 419 g/mol. The van der Waals surface area contributed by atoms with Crippen LogP contribution in [0.25, 0.3) is 10.9 Å². The Morgan fingerprint density at radius 3 is 2.65 bits per heavy atom. The second-order valence-electron chi connectivity index (χ2n) is 8.21. The molecule has 1 atom stereocenters. The fourth-order valence-corrected chi connectivity index (χ4v) is 4.22. The van der Waals surface area contributed by atoms with Crippen molar-refractivity contribution in [2.24, 2.45) is 4.99 Å². The molecule has 2 fully saturated rings. The van der Waals surface area contributed by atoms with Crippen molar-refractivity contribution in [1.29, 1.82) is 0 Å². The van der Waals surface area contributed by atoms with Crippen LogP contribution in [-0.4, -0.2) is 41.0 Å². The number of aromatic carboxylic acids is 1. The van der Waals surface area contributed by atoms with Gasteiger partial charge in [0.1, 0.15) is 11.4 Å². The van der Waals surface area contributed by atoms with Gasteiger partial charge in [0.05, 0.1) is 17.2 Å². The molecule has 0 spiro atoms. The number of hydrogen-bond donors (Lipinski definition) is 1. The summed E-state index contributed by atoms with van der Waals surface area (Å²) < 4.78 is 16.9. The number of nitrogens with zero attached hydrogens (tertiary/aromatic N) is 3. The average molecular weight is 419 g/mol. The van der Waals surface area contributed by atoms with Crippen LogP contribution in [0.4, 0.5) is 10.1 Å². The normalized spacial score (nSPS) is 18.9. The van der Waals surface area contributed by atoms with Gasteiger partial charge in [-0.25, -0.2) is 9.18 Å². The highest BCUT2D eigenvalue weighted by Gasteiger charge is 2.29. The highest BCUT2D eigenvalue weighted by atomic mass is 19.1. The summed E-state index contributed by atoms with van der Waals surface area (Å²) in [4.78, 5) is 30.7. The lowest BCUT2D eigenvalue weighted by Gasteiger charge is -2.21. The van der Waals surface area contributed by atoms with Crippen molar-refractivity contribution in [3.8, 4) is 0 Å². The van der Waals surface area contributed by atoms with Crippen molar-refractivity contribution < 1.29 is 14.3 Å². The number of hydrogen-bond acceptors (Lipinski definition) is 4. The number of carboxylic acids is 1. The fraction of sp³-hybridized carbons (Fsp3) is 0.292. The van der Waals surface area contributed by atoms with Gasteiger partial charge in [-0.2, -0.15) is 0 Å². The Morgan fingerprint density at radius 2 is 1.94 bits per heavy atom. The van der Waals surface area contributed by atoms with E-state index >= 15 is 4.39 Å². The SMILES string of the molecule is O=C(O)c1cn(C2CC2)c2cc(N3CCC(/N=C/c4ccccc4)C3)c(F)cc2c1=O. The first-order valence-electron chi connectivity index (χ1n) is 10.5. The second kappa shape index (κ2) is 7.65. The van der Waals surface area contributed by atoms with Crippen LogP contribution in [-0.2, 0) is 0 Å². The van der Waals surface area contributed by atoms with Gasteiger partial charge in [-0.3, -0.25) is 9.79 Å². The molecule has 7 heteroatoms. The second-order valence-corrected chi connectivity index (χ2v) is 8.21. The van der Waals surface area contributed by atoms with Gasteiger partial charge in [-0.05, 0) is 37.0 Å². The number of pyridine rings is 1. The molecular formula is C24H22FN3O3. The zero-order valence-corrected chi connectivity index (χ0v) is 16.9. The molecule has 2 aromatic carbocycles. The minimum atomic E-state index is -1.29. The lowest BCUT2D eigenvalue weighted by atomic mass is 10.1. The van der Waals surface area contributed by atoms with Gasteiger partial charge < -0.3 is 14.6 Å². The van der Waals surface area contributed by atoms with E-state index in [0.29, 0.717) is 24.3 Å². The van der Waals surface area contributed by atoms with E-state index in [1.807, 2.05) is 46.0 Å². The molecular weight excluding hydrogens is 397 g/mol. The zero-order chi connectivity index (χ0) is 21.5. The molecule has 3 aromatic rings. The summed E-state index contributed by atoms with van der Waals surface area (Å²) >= 11 is 0. The summed E-state index contributed by atoms with van der Waals surface area (Å²) in [7, 11) is 0. The third kappa shape index (κ3) is 3.71. The van der Waals surface area contributed by atoms with E-state index in [0.717, 1.165) is 24.8 Å². The highest BCUT2D eigenvalue weighted by Crippen LogP contribution is 2.38. The maximum absolute atomic E-state index is 15.0. The third-order valence-corrected chi connectivity index (χ3v) is 6.01. The zero-order valence-electron chi connectivity index (χ0n) is 16.9. The first-order valence-corrected chi connectivity index (χ1v) is 10.5. The summed E-state index contributed by atoms with van der Waals surface area (Å²) in [6.45, 7) is 1.26. The number of fused-ring (bicyclic) bond motifs is 1. The fourth-order valence-electron chi connectivity index (χ4n) is 4.22. The standard InChI is InChI=1S/C24H22FN3O3/c25-20-10-18-21(28(17-6-7-17)14-19(23(18)29)24(30)31)11-22(20)27-9-8-16(13-27)26-12-15-4-2-1-3-5-15/h1-5,10-12,14,16-17H,6-9,13H2,(H,30,31)/b26-12+. The smallest absolute Gasteiger partial charge is 0.341 e. The lowest BCUT2D eigenvalue weighted by molar-refractivity contribution is 0.0695. The Bertz CT molecular complexity index is 1250. The summed E-state index contributed by atoms with van der Waals surface area (Å²) in [5.41, 5.74) is 1.09. The Balaban J connectivity index is 1.48. The molecule has 1 saturated heterocycles. The molecule has 1 aromatic heterocycles. The van der Waals surface area contributed by atoms with Gasteiger partial charge in [0.2, 0.25) is 5.43 Å².